The van der Waals surface area contributed by atoms with Gasteiger partial charge in [-0.15, -0.1) is 0 Å². The van der Waals surface area contributed by atoms with E-state index in [2.05, 4.69) is 20.2 Å². The fourth-order valence-corrected chi connectivity index (χ4v) is 3.69. The van der Waals surface area contributed by atoms with E-state index in [0.717, 1.165) is 34.9 Å². The second-order valence-corrected chi connectivity index (χ2v) is 8.01. The lowest BCUT2D eigenvalue weighted by Gasteiger charge is -2.15. The molecule has 6 nitrogen and oxygen atoms in total. The van der Waals surface area contributed by atoms with Crippen LogP contribution in [0.4, 0.5) is 11.6 Å². The summed E-state index contributed by atoms with van der Waals surface area (Å²) >= 11 is 6.24. The minimum absolute atomic E-state index is 0.532. The summed E-state index contributed by atoms with van der Waals surface area (Å²) in [5, 5.41) is 3.87. The predicted octanol–water partition coefficient (Wildman–Crippen LogP) is 5.53. The van der Waals surface area contributed by atoms with Crippen molar-refractivity contribution in [1.82, 2.24) is 14.9 Å². The predicted molar refractivity (Wildman–Crippen MR) is 130 cm³/mol. The SMILES string of the molecule is COc1ccc(Cl)c(/C=C/c2cnc(Nc3ccc(OCCN4CCCC4)cc3)nc2)c1. The summed E-state index contributed by atoms with van der Waals surface area (Å²) in [5.74, 6) is 2.16. The van der Waals surface area contributed by atoms with Gasteiger partial charge in [0, 0.05) is 35.2 Å². The number of rotatable bonds is 9. The number of halogens is 1. The number of aromatic nitrogens is 2. The van der Waals surface area contributed by atoms with Crippen molar-refractivity contribution in [2.45, 2.75) is 12.8 Å². The summed E-state index contributed by atoms with van der Waals surface area (Å²) in [4.78, 5) is 11.2. The van der Waals surface area contributed by atoms with Gasteiger partial charge in [0.15, 0.2) is 0 Å². The Balaban J connectivity index is 1.29. The van der Waals surface area contributed by atoms with Gasteiger partial charge in [0.1, 0.15) is 18.1 Å². The van der Waals surface area contributed by atoms with E-state index in [1.807, 2.05) is 54.6 Å². The number of nitrogens with one attached hydrogen (secondary N) is 1. The first-order valence-corrected chi connectivity index (χ1v) is 11.1. The quantitative estimate of drug-likeness (QED) is 0.462. The van der Waals surface area contributed by atoms with E-state index in [4.69, 9.17) is 21.1 Å². The fraction of sp³-hybridized carbons (Fsp3) is 0.280. The molecule has 1 saturated heterocycles. The van der Waals surface area contributed by atoms with Crippen molar-refractivity contribution in [3.05, 3.63) is 71.0 Å². The molecule has 4 rings (SSSR count). The van der Waals surface area contributed by atoms with Crippen LogP contribution < -0.4 is 14.8 Å². The van der Waals surface area contributed by atoms with Gasteiger partial charge in [-0.1, -0.05) is 23.8 Å². The van der Waals surface area contributed by atoms with Crippen LogP contribution in [-0.2, 0) is 0 Å². The van der Waals surface area contributed by atoms with Crippen LogP contribution in [0.25, 0.3) is 12.2 Å². The van der Waals surface area contributed by atoms with E-state index in [1.165, 1.54) is 25.9 Å². The first-order valence-electron chi connectivity index (χ1n) is 10.8. The molecule has 1 aliphatic heterocycles. The van der Waals surface area contributed by atoms with E-state index >= 15 is 0 Å². The highest BCUT2D eigenvalue weighted by Crippen LogP contribution is 2.24. The number of hydrogen-bond acceptors (Lipinski definition) is 6. The monoisotopic (exact) mass is 450 g/mol. The number of methoxy groups -OCH3 is 1. The van der Waals surface area contributed by atoms with Crippen molar-refractivity contribution in [2.75, 3.05) is 38.7 Å². The second-order valence-electron chi connectivity index (χ2n) is 7.61. The Morgan fingerprint density at radius 1 is 1.00 bits per heavy atom. The highest BCUT2D eigenvalue weighted by Gasteiger charge is 2.10. The molecule has 0 saturated carbocycles. The standard InChI is InChI=1S/C25H27ClN4O2/c1-31-23-10-11-24(26)20(16-23)5-4-19-17-27-25(28-18-19)29-21-6-8-22(9-7-21)32-15-14-30-12-2-3-13-30/h4-11,16-18H,2-3,12-15H2,1H3,(H,27,28,29)/b5-4+. The van der Waals surface area contributed by atoms with E-state index < -0.39 is 0 Å². The van der Waals surface area contributed by atoms with Crippen LogP contribution in [0.5, 0.6) is 11.5 Å². The Morgan fingerprint density at radius 3 is 2.44 bits per heavy atom. The second kappa shape index (κ2) is 11.0. The molecule has 0 spiro atoms. The third-order valence-corrected chi connectivity index (χ3v) is 5.66. The zero-order valence-electron chi connectivity index (χ0n) is 18.1. The van der Waals surface area contributed by atoms with Crippen molar-refractivity contribution >= 4 is 35.4 Å². The van der Waals surface area contributed by atoms with E-state index in [0.29, 0.717) is 17.6 Å². The van der Waals surface area contributed by atoms with Crippen molar-refractivity contribution < 1.29 is 9.47 Å². The molecule has 1 aromatic heterocycles. The first-order chi connectivity index (χ1) is 15.7. The molecule has 32 heavy (non-hydrogen) atoms. The third kappa shape index (κ3) is 6.22. The average Bonchev–Trinajstić information content (AvgIpc) is 3.34. The number of ether oxygens (including phenoxy) is 2. The average molecular weight is 451 g/mol. The van der Waals surface area contributed by atoms with Crippen LogP contribution in [0.15, 0.2) is 54.9 Å². The number of likely N-dealkylation sites (tertiary alicyclic amines) is 1. The number of anilines is 2. The maximum Gasteiger partial charge on any atom is 0.227 e. The van der Waals surface area contributed by atoms with E-state index in [1.54, 1.807) is 19.5 Å². The van der Waals surface area contributed by atoms with Crippen LogP contribution in [0.2, 0.25) is 5.02 Å². The molecule has 1 fully saturated rings. The molecule has 3 aromatic rings. The number of nitrogens with zero attached hydrogens (tertiary/aromatic N) is 3. The van der Waals surface area contributed by atoms with Gasteiger partial charge in [-0.3, -0.25) is 4.90 Å². The van der Waals surface area contributed by atoms with E-state index in [9.17, 15) is 0 Å². The molecule has 2 aromatic carbocycles. The molecule has 0 atom stereocenters. The Bertz CT molecular complexity index is 1030. The highest BCUT2D eigenvalue weighted by atomic mass is 35.5. The van der Waals surface area contributed by atoms with Gasteiger partial charge in [0.05, 0.1) is 7.11 Å². The van der Waals surface area contributed by atoms with Gasteiger partial charge < -0.3 is 14.8 Å². The molecule has 1 aliphatic rings. The van der Waals surface area contributed by atoms with Gasteiger partial charge in [-0.05, 0) is 74.0 Å². The molecule has 166 valence electrons. The van der Waals surface area contributed by atoms with Crippen LogP contribution in [0.1, 0.15) is 24.0 Å². The molecule has 0 bridgehead atoms. The minimum atomic E-state index is 0.532. The summed E-state index contributed by atoms with van der Waals surface area (Å²) in [5.41, 5.74) is 2.65. The lowest BCUT2D eigenvalue weighted by molar-refractivity contribution is 0.238. The summed E-state index contributed by atoms with van der Waals surface area (Å²) in [6.45, 7) is 4.08. The molecular formula is C25H27ClN4O2. The summed E-state index contributed by atoms with van der Waals surface area (Å²) < 4.78 is 11.1. The molecule has 0 radical (unpaired) electrons. The van der Waals surface area contributed by atoms with Crippen LogP contribution in [-0.4, -0.2) is 48.2 Å². The smallest absolute Gasteiger partial charge is 0.227 e. The Labute approximate surface area is 193 Å². The lowest BCUT2D eigenvalue weighted by atomic mass is 10.1. The first kappa shape index (κ1) is 22.1. The molecule has 0 aliphatic carbocycles. The number of benzene rings is 2. The van der Waals surface area contributed by atoms with Crippen LogP contribution in [0.3, 0.4) is 0 Å². The van der Waals surface area contributed by atoms with Gasteiger partial charge in [-0.25, -0.2) is 9.97 Å². The fourth-order valence-electron chi connectivity index (χ4n) is 3.51. The van der Waals surface area contributed by atoms with Gasteiger partial charge in [0.2, 0.25) is 5.95 Å². The van der Waals surface area contributed by atoms with E-state index in [-0.39, 0.29) is 0 Å². The Kier molecular flexibility index (Phi) is 7.59. The van der Waals surface area contributed by atoms with Crippen molar-refractivity contribution in [3.63, 3.8) is 0 Å². The maximum atomic E-state index is 6.24. The highest BCUT2D eigenvalue weighted by molar-refractivity contribution is 6.32. The largest absolute Gasteiger partial charge is 0.497 e. The topological polar surface area (TPSA) is 59.5 Å². The summed E-state index contributed by atoms with van der Waals surface area (Å²) in [6.07, 6.45) is 9.95. The zero-order chi connectivity index (χ0) is 22.2. The normalized spacial score (nSPS) is 14.1. The molecule has 1 N–H and O–H groups in total. The van der Waals surface area contributed by atoms with Crippen molar-refractivity contribution in [1.29, 1.82) is 0 Å². The van der Waals surface area contributed by atoms with Crippen molar-refractivity contribution in [3.8, 4) is 11.5 Å². The van der Waals surface area contributed by atoms with Gasteiger partial charge in [-0.2, -0.15) is 0 Å². The maximum absolute atomic E-state index is 6.24. The summed E-state index contributed by atoms with van der Waals surface area (Å²) in [6, 6.07) is 13.4. The van der Waals surface area contributed by atoms with Gasteiger partial charge in [0.25, 0.3) is 0 Å². The molecule has 7 heteroatoms. The molecule has 2 heterocycles. The van der Waals surface area contributed by atoms with Crippen molar-refractivity contribution in [2.24, 2.45) is 0 Å². The zero-order valence-corrected chi connectivity index (χ0v) is 18.9. The third-order valence-electron chi connectivity index (χ3n) is 5.32. The summed E-state index contributed by atoms with van der Waals surface area (Å²) in [7, 11) is 1.63. The van der Waals surface area contributed by atoms with Gasteiger partial charge >= 0.3 is 0 Å². The molecular weight excluding hydrogens is 424 g/mol. The molecule has 0 amide bonds. The van der Waals surface area contributed by atoms with Crippen LogP contribution >= 0.6 is 11.6 Å². The lowest BCUT2D eigenvalue weighted by Crippen LogP contribution is -2.25. The van der Waals surface area contributed by atoms with Crippen LogP contribution in [0, 0.1) is 0 Å². The minimum Gasteiger partial charge on any atom is -0.497 e. The number of hydrogen-bond donors (Lipinski definition) is 1. The molecule has 0 unspecified atom stereocenters. The Hall–Kier alpha value is -3.09. The Morgan fingerprint density at radius 2 is 1.72 bits per heavy atom.